The number of rotatable bonds is 4. The predicted octanol–water partition coefficient (Wildman–Crippen LogP) is 3.00. The smallest absolute Gasteiger partial charge is 0.195 e. The van der Waals surface area contributed by atoms with E-state index in [-0.39, 0.29) is 0 Å². The first-order valence-corrected chi connectivity index (χ1v) is 5.76. The molecule has 1 aliphatic rings. The molecular formula is C10H17N3S. The normalized spacial score (nSPS) is 18.4. The number of aromatic nitrogens is 3. The Morgan fingerprint density at radius 3 is 2.79 bits per heavy atom. The van der Waals surface area contributed by atoms with Gasteiger partial charge in [-0.3, -0.25) is 5.10 Å². The molecule has 1 atom stereocenters. The van der Waals surface area contributed by atoms with Crippen LogP contribution in [0.1, 0.15) is 44.5 Å². The van der Waals surface area contributed by atoms with E-state index in [0.29, 0.717) is 6.04 Å². The second kappa shape index (κ2) is 3.85. The fourth-order valence-corrected chi connectivity index (χ4v) is 2.33. The van der Waals surface area contributed by atoms with Crippen molar-refractivity contribution in [2.45, 2.75) is 45.6 Å². The summed E-state index contributed by atoms with van der Waals surface area (Å²) in [6, 6.07) is 0.550. The van der Waals surface area contributed by atoms with E-state index in [9.17, 15) is 0 Å². The molecule has 0 spiro atoms. The highest BCUT2D eigenvalue weighted by atomic mass is 32.1. The zero-order chi connectivity index (χ0) is 10.1. The second-order valence-corrected chi connectivity index (χ2v) is 4.57. The van der Waals surface area contributed by atoms with Crippen molar-refractivity contribution >= 4 is 12.2 Å². The molecule has 1 fully saturated rings. The van der Waals surface area contributed by atoms with Gasteiger partial charge in [-0.1, -0.05) is 19.8 Å². The quantitative estimate of drug-likeness (QED) is 0.777. The highest BCUT2D eigenvalue weighted by Crippen LogP contribution is 2.38. The molecule has 3 nitrogen and oxygen atoms in total. The van der Waals surface area contributed by atoms with Gasteiger partial charge in [-0.05, 0) is 37.9 Å². The van der Waals surface area contributed by atoms with E-state index < -0.39 is 0 Å². The molecule has 1 unspecified atom stereocenters. The van der Waals surface area contributed by atoms with Gasteiger partial charge in [0.2, 0.25) is 0 Å². The minimum absolute atomic E-state index is 0.550. The molecule has 1 aliphatic carbocycles. The van der Waals surface area contributed by atoms with Crippen LogP contribution in [0.3, 0.4) is 0 Å². The average Bonchev–Trinajstić information content (AvgIpc) is 2.92. The zero-order valence-corrected chi connectivity index (χ0v) is 9.60. The third kappa shape index (κ3) is 1.90. The molecule has 1 aromatic heterocycles. The van der Waals surface area contributed by atoms with E-state index in [1.807, 2.05) is 6.92 Å². The number of hydrogen-bond acceptors (Lipinski definition) is 2. The Bertz CT molecular complexity index is 362. The molecule has 14 heavy (non-hydrogen) atoms. The SMILES string of the molecule is CCC(CC1CC1)n1c(C)n[nH]c1=S. The first-order chi connectivity index (χ1) is 6.72. The second-order valence-electron chi connectivity index (χ2n) is 4.19. The summed E-state index contributed by atoms with van der Waals surface area (Å²) < 4.78 is 2.95. The number of H-pyrrole nitrogens is 1. The van der Waals surface area contributed by atoms with Crippen LogP contribution in [0, 0.1) is 17.6 Å². The number of nitrogens with zero attached hydrogens (tertiary/aromatic N) is 2. The molecular weight excluding hydrogens is 194 g/mol. The summed E-state index contributed by atoms with van der Waals surface area (Å²) in [5.41, 5.74) is 0. The van der Waals surface area contributed by atoms with Gasteiger partial charge in [0.15, 0.2) is 4.77 Å². The summed E-state index contributed by atoms with van der Waals surface area (Å²) in [6.07, 6.45) is 5.22. The average molecular weight is 211 g/mol. The van der Waals surface area contributed by atoms with E-state index in [2.05, 4.69) is 21.7 Å². The lowest BCUT2D eigenvalue weighted by Gasteiger charge is -2.16. The minimum atomic E-state index is 0.550. The van der Waals surface area contributed by atoms with Gasteiger partial charge < -0.3 is 4.57 Å². The molecule has 0 aliphatic heterocycles. The van der Waals surface area contributed by atoms with E-state index >= 15 is 0 Å². The van der Waals surface area contributed by atoms with Crippen LogP contribution in [0.5, 0.6) is 0 Å². The molecule has 1 heterocycles. The van der Waals surface area contributed by atoms with Crippen molar-refractivity contribution in [2.75, 3.05) is 0 Å². The van der Waals surface area contributed by atoms with Crippen LogP contribution >= 0.6 is 12.2 Å². The van der Waals surface area contributed by atoms with Gasteiger partial charge >= 0.3 is 0 Å². The molecule has 0 amide bonds. The van der Waals surface area contributed by atoms with Gasteiger partial charge in [-0.15, -0.1) is 0 Å². The highest BCUT2D eigenvalue weighted by molar-refractivity contribution is 7.71. The number of nitrogens with one attached hydrogen (secondary N) is 1. The summed E-state index contributed by atoms with van der Waals surface area (Å²) in [5.74, 6) is 1.96. The Morgan fingerprint density at radius 1 is 1.64 bits per heavy atom. The van der Waals surface area contributed by atoms with Gasteiger partial charge in [0, 0.05) is 6.04 Å². The summed E-state index contributed by atoms with van der Waals surface area (Å²) in [4.78, 5) is 0. The van der Waals surface area contributed by atoms with Crippen molar-refractivity contribution in [3.05, 3.63) is 10.6 Å². The van der Waals surface area contributed by atoms with Crippen LogP contribution in [-0.4, -0.2) is 14.8 Å². The third-order valence-corrected chi connectivity index (χ3v) is 3.31. The van der Waals surface area contributed by atoms with Gasteiger partial charge in [-0.2, -0.15) is 5.10 Å². The Hall–Kier alpha value is -0.640. The molecule has 1 N–H and O–H groups in total. The van der Waals surface area contributed by atoms with Gasteiger partial charge in [0.05, 0.1) is 0 Å². The first-order valence-electron chi connectivity index (χ1n) is 5.36. The molecule has 0 radical (unpaired) electrons. The Labute approximate surface area is 89.5 Å². The summed E-state index contributed by atoms with van der Waals surface area (Å²) in [6.45, 7) is 4.24. The first kappa shape index (κ1) is 9.90. The standard InChI is InChI=1S/C10H17N3S/c1-3-9(6-8-4-5-8)13-7(2)11-12-10(13)14/h8-9H,3-6H2,1-2H3,(H,12,14). The van der Waals surface area contributed by atoms with E-state index in [1.165, 1.54) is 19.3 Å². The number of hydrogen-bond donors (Lipinski definition) is 1. The van der Waals surface area contributed by atoms with Crippen molar-refractivity contribution in [3.8, 4) is 0 Å². The molecule has 0 bridgehead atoms. The van der Waals surface area contributed by atoms with Crippen LogP contribution in [0.4, 0.5) is 0 Å². The lowest BCUT2D eigenvalue weighted by Crippen LogP contribution is -2.10. The lowest BCUT2D eigenvalue weighted by atomic mass is 10.1. The summed E-state index contributed by atoms with van der Waals surface area (Å²) in [7, 11) is 0. The molecule has 0 aromatic carbocycles. The number of aryl methyl sites for hydroxylation is 1. The summed E-state index contributed by atoms with van der Waals surface area (Å²) in [5, 5.41) is 7.02. The van der Waals surface area contributed by atoms with Crippen LogP contribution in [0.15, 0.2) is 0 Å². The topological polar surface area (TPSA) is 33.6 Å². The molecule has 78 valence electrons. The molecule has 4 heteroatoms. The molecule has 2 rings (SSSR count). The van der Waals surface area contributed by atoms with Gasteiger partial charge in [0.25, 0.3) is 0 Å². The Balaban J connectivity index is 2.20. The zero-order valence-electron chi connectivity index (χ0n) is 8.79. The van der Waals surface area contributed by atoms with Gasteiger partial charge in [-0.25, -0.2) is 0 Å². The highest BCUT2D eigenvalue weighted by Gasteiger charge is 2.26. The van der Waals surface area contributed by atoms with Crippen LogP contribution in [0.2, 0.25) is 0 Å². The summed E-state index contributed by atoms with van der Waals surface area (Å²) >= 11 is 5.23. The van der Waals surface area contributed by atoms with Crippen molar-refractivity contribution in [2.24, 2.45) is 5.92 Å². The molecule has 1 aromatic rings. The maximum atomic E-state index is 5.23. The third-order valence-electron chi connectivity index (χ3n) is 3.02. The van der Waals surface area contributed by atoms with Crippen molar-refractivity contribution in [1.29, 1.82) is 0 Å². The van der Waals surface area contributed by atoms with Crippen molar-refractivity contribution in [3.63, 3.8) is 0 Å². The fraction of sp³-hybridized carbons (Fsp3) is 0.800. The maximum Gasteiger partial charge on any atom is 0.195 e. The van der Waals surface area contributed by atoms with Crippen LogP contribution in [0.25, 0.3) is 0 Å². The van der Waals surface area contributed by atoms with E-state index in [4.69, 9.17) is 12.2 Å². The molecule has 1 saturated carbocycles. The van der Waals surface area contributed by atoms with Crippen LogP contribution in [-0.2, 0) is 0 Å². The predicted molar refractivity (Wildman–Crippen MR) is 58.8 cm³/mol. The van der Waals surface area contributed by atoms with Gasteiger partial charge in [0.1, 0.15) is 5.82 Å². The largest absolute Gasteiger partial charge is 0.301 e. The number of aromatic amines is 1. The van der Waals surface area contributed by atoms with Crippen molar-refractivity contribution in [1.82, 2.24) is 14.8 Å². The lowest BCUT2D eigenvalue weighted by molar-refractivity contribution is 0.416. The van der Waals surface area contributed by atoms with Crippen LogP contribution < -0.4 is 0 Å². The van der Waals surface area contributed by atoms with E-state index in [1.54, 1.807) is 0 Å². The van der Waals surface area contributed by atoms with Crippen molar-refractivity contribution < 1.29 is 0 Å². The maximum absolute atomic E-state index is 5.23. The Kier molecular flexibility index (Phi) is 2.72. The Morgan fingerprint density at radius 2 is 2.36 bits per heavy atom. The molecule has 0 saturated heterocycles. The monoisotopic (exact) mass is 211 g/mol. The van der Waals surface area contributed by atoms with E-state index in [0.717, 1.165) is 22.9 Å². The fourth-order valence-electron chi connectivity index (χ4n) is 2.01. The minimum Gasteiger partial charge on any atom is -0.301 e.